The molecular formula is C69H112O16P2. The minimum absolute atomic E-state index is 0.0412. The van der Waals surface area contributed by atoms with Crippen LogP contribution in [0.4, 0.5) is 0 Å². The maximum Gasteiger partial charge on any atom is 0.472 e. The molecule has 0 aromatic heterocycles. The lowest BCUT2D eigenvalue weighted by molar-refractivity contribution is -0.161. The van der Waals surface area contributed by atoms with Gasteiger partial charge in [0.1, 0.15) is 25.4 Å². The highest BCUT2D eigenvalue weighted by atomic mass is 31.2. The topological polar surface area (TPSA) is 231 Å². The summed E-state index contributed by atoms with van der Waals surface area (Å²) in [6.07, 6.45) is 72.2. The lowest BCUT2D eigenvalue weighted by atomic mass is 10.1. The summed E-state index contributed by atoms with van der Waals surface area (Å²) in [4.78, 5) is 58.1. The van der Waals surface area contributed by atoms with Crippen molar-refractivity contribution in [2.24, 2.45) is 0 Å². The van der Waals surface area contributed by atoms with Crippen molar-refractivity contribution in [1.29, 1.82) is 0 Å². The van der Waals surface area contributed by atoms with Gasteiger partial charge in [-0.1, -0.05) is 231 Å². The van der Waals surface area contributed by atoms with Crippen LogP contribution in [0.5, 0.6) is 0 Å². The maximum atomic E-state index is 12.8. The molecule has 4 N–H and O–H groups in total. The molecule has 87 heavy (non-hydrogen) atoms. The molecule has 0 saturated carbocycles. The third kappa shape index (κ3) is 62.8. The van der Waals surface area contributed by atoms with Gasteiger partial charge in [0.25, 0.3) is 0 Å². The largest absolute Gasteiger partial charge is 0.472 e. The number of aliphatic hydroxyl groups is 2. The van der Waals surface area contributed by atoms with Crippen molar-refractivity contribution < 1.29 is 75.8 Å². The number of ether oxygens (including phenoxy) is 3. The molecule has 0 saturated heterocycles. The zero-order valence-corrected chi connectivity index (χ0v) is 54.9. The summed E-state index contributed by atoms with van der Waals surface area (Å²) in [5.74, 6) is -1.73. The Morgan fingerprint density at radius 1 is 0.333 bits per heavy atom. The lowest BCUT2D eigenvalue weighted by Crippen LogP contribution is -2.30. The normalized spacial score (nSPS) is 15.3. The number of esters is 3. The van der Waals surface area contributed by atoms with Gasteiger partial charge in [0.05, 0.1) is 26.4 Å². The fraction of sp³-hybridized carbons (Fsp3) is 0.609. The highest BCUT2D eigenvalue weighted by Gasteiger charge is 2.29. The Morgan fingerprint density at radius 3 is 1.03 bits per heavy atom. The first-order valence-corrected chi connectivity index (χ1v) is 35.1. The van der Waals surface area contributed by atoms with Gasteiger partial charge in [-0.3, -0.25) is 32.5 Å². The maximum absolute atomic E-state index is 12.8. The summed E-state index contributed by atoms with van der Waals surface area (Å²) in [5.41, 5.74) is 0. The van der Waals surface area contributed by atoms with Gasteiger partial charge in [-0.05, 0) is 109 Å². The zero-order valence-electron chi connectivity index (χ0n) is 53.1. The Labute approximate surface area is 524 Å². The molecule has 5 unspecified atom stereocenters. The molecule has 0 aromatic rings. The van der Waals surface area contributed by atoms with E-state index in [2.05, 4.69) is 148 Å². The molecule has 494 valence electrons. The number of unbranched alkanes of at least 4 members (excludes halogenated alkanes) is 12. The van der Waals surface area contributed by atoms with Crippen LogP contribution in [0.1, 0.15) is 213 Å². The van der Waals surface area contributed by atoms with Crippen molar-refractivity contribution in [2.45, 2.75) is 232 Å². The van der Waals surface area contributed by atoms with E-state index in [0.717, 1.165) is 109 Å². The van der Waals surface area contributed by atoms with Crippen LogP contribution < -0.4 is 0 Å². The first kappa shape index (κ1) is 82.4. The average Bonchev–Trinajstić information content (AvgIpc) is 3.57. The zero-order chi connectivity index (χ0) is 63.8. The summed E-state index contributed by atoms with van der Waals surface area (Å²) in [7, 11) is -9.81. The molecule has 0 aliphatic carbocycles. The van der Waals surface area contributed by atoms with E-state index in [1.54, 1.807) is 0 Å². The molecule has 0 heterocycles. The molecule has 0 aliphatic heterocycles. The van der Waals surface area contributed by atoms with E-state index in [4.69, 9.17) is 32.3 Å². The van der Waals surface area contributed by atoms with E-state index in [9.17, 15) is 43.5 Å². The van der Waals surface area contributed by atoms with Crippen molar-refractivity contribution >= 4 is 33.6 Å². The van der Waals surface area contributed by atoms with E-state index in [-0.39, 0.29) is 19.3 Å². The second kappa shape index (κ2) is 61.7. The predicted octanol–water partition coefficient (Wildman–Crippen LogP) is 17.4. The van der Waals surface area contributed by atoms with Gasteiger partial charge in [-0.25, -0.2) is 9.13 Å². The third-order valence-corrected chi connectivity index (χ3v) is 14.5. The Balaban J connectivity index is 4.73. The summed E-state index contributed by atoms with van der Waals surface area (Å²) in [6.45, 7) is 2.25. The van der Waals surface area contributed by atoms with Crippen LogP contribution in [0.25, 0.3) is 0 Å². The Morgan fingerprint density at radius 2 is 0.632 bits per heavy atom. The monoisotopic (exact) mass is 1260 g/mol. The van der Waals surface area contributed by atoms with E-state index >= 15 is 0 Å². The molecule has 5 atom stereocenters. The number of aliphatic hydroxyl groups excluding tert-OH is 2. The first-order chi connectivity index (χ1) is 42.2. The van der Waals surface area contributed by atoms with Gasteiger partial charge < -0.3 is 34.2 Å². The summed E-state index contributed by atoms with van der Waals surface area (Å²) < 4.78 is 60.6. The first-order valence-electron chi connectivity index (χ1n) is 32.1. The van der Waals surface area contributed by atoms with E-state index < -0.39 is 91.5 Å². The van der Waals surface area contributed by atoms with Crippen molar-refractivity contribution in [3.8, 4) is 0 Å². The number of phosphoric acid groups is 2. The Kier molecular flexibility index (Phi) is 58.4. The highest BCUT2D eigenvalue weighted by molar-refractivity contribution is 7.47. The second-order valence-electron chi connectivity index (χ2n) is 20.8. The smallest absolute Gasteiger partial charge is 0.463 e. The van der Waals surface area contributed by atoms with Crippen LogP contribution in [-0.2, 0) is 55.8 Å². The number of hydrogen-bond donors (Lipinski definition) is 4. The van der Waals surface area contributed by atoms with Gasteiger partial charge in [0, 0.05) is 19.3 Å². The van der Waals surface area contributed by atoms with Crippen molar-refractivity contribution in [3.05, 3.63) is 146 Å². The van der Waals surface area contributed by atoms with Crippen LogP contribution in [0.2, 0.25) is 0 Å². The van der Waals surface area contributed by atoms with Gasteiger partial charge in [-0.15, -0.1) is 0 Å². The lowest BCUT2D eigenvalue weighted by Gasteiger charge is -2.21. The fourth-order valence-electron chi connectivity index (χ4n) is 7.71. The number of hydrogen-bond acceptors (Lipinski definition) is 14. The average molecular weight is 1260 g/mol. The molecule has 18 heteroatoms. The Bertz CT molecular complexity index is 2170. The quantitative estimate of drug-likeness (QED) is 0.0146. The molecule has 0 aliphatic rings. The van der Waals surface area contributed by atoms with Crippen molar-refractivity contribution in [2.75, 3.05) is 39.6 Å². The van der Waals surface area contributed by atoms with Crippen LogP contribution in [0.3, 0.4) is 0 Å². The van der Waals surface area contributed by atoms with E-state index in [1.807, 2.05) is 18.2 Å². The van der Waals surface area contributed by atoms with Gasteiger partial charge >= 0.3 is 33.6 Å². The molecule has 0 rings (SSSR count). The van der Waals surface area contributed by atoms with Crippen molar-refractivity contribution in [3.63, 3.8) is 0 Å². The number of carbonyl (C=O) groups is 3. The summed E-state index contributed by atoms with van der Waals surface area (Å²) >= 11 is 0. The second-order valence-corrected chi connectivity index (χ2v) is 23.7. The van der Waals surface area contributed by atoms with Gasteiger partial charge in [0.2, 0.25) is 0 Å². The van der Waals surface area contributed by atoms with Crippen molar-refractivity contribution in [1.82, 2.24) is 0 Å². The van der Waals surface area contributed by atoms with Gasteiger partial charge in [0.15, 0.2) is 6.10 Å². The number of phosphoric ester groups is 2. The minimum Gasteiger partial charge on any atom is -0.463 e. The third-order valence-electron chi connectivity index (χ3n) is 12.6. The minimum atomic E-state index is -4.94. The summed E-state index contributed by atoms with van der Waals surface area (Å²) in [6, 6.07) is 0. The van der Waals surface area contributed by atoms with E-state index in [1.165, 1.54) is 38.5 Å². The van der Waals surface area contributed by atoms with Crippen LogP contribution in [0.15, 0.2) is 146 Å². The van der Waals surface area contributed by atoms with Crippen LogP contribution in [-0.4, -0.2) is 95.9 Å². The molecular weight excluding hydrogens is 1150 g/mol. The Hall–Kier alpha value is -4.57. The number of carbonyl (C=O) groups excluding carboxylic acids is 3. The standard InChI is InChI=1S/C69H112O16P2/c1-4-7-10-13-16-19-22-24-26-28-30-31-33-35-36-38-41-43-46-49-52-55-67(72)79-58-64(70)59-81-86(75,76)82-60-65(71)61-83-87(77,78)84-63-66(85-69(74)57-54-51-48-45-40-21-18-15-12-9-6-3)62-80-68(73)56-53-50-47-44-42-39-37-34-32-29-27-25-23-20-17-14-11-8-5-2/h7-8,10-11,16-17,19-20,24-27,30-32,34-36,39,41-43,47,50,64-66,70-71H,4-6,9,12-15,18,21-23,28-29,33,37-38,40,44-46,48-49,51-63H2,1-3H3,(H,75,76)(H,77,78)/b10-7-,11-8-,19-16-,20-17-,26-24-,27-25-,31-30-,34-32-,36-35-,42-39-,43-41-,50-47-. The molecule has 0 fully saturated rings. The number of rotatable bonds is 59. The van der Waals surface area contributed by atoms with Gasteiger partial charge in [-0.2, -0.15) is 0 Å². The molecule has 16 nitrogen and oxygen atoms in total. The molecule has 0 spiro atoms. The fourth-order valence-corrected chi connectivity index (χ4v) is 9.30. The highest BCUT2D eigenvalue weighted by Crippen LogP contribution is 2.45. The molecule has 0 bridgehead atoms. The SMILES string of the molecule is CC/C=C\C/C=C\C/C=C\C/C=C\C/C=C\C/C=C\CCCCC(=O)OCC(O)COP(=O)(O)OCC(O)COP(=O)(O)OCC(COC(=O)CC/C=C\C/C=C\C/C=C\C/C=C\C/C=C\C/C=C\CC)OC(=O)CCCCCCCCCCCCC. The van der Waals surface area contributed by atoms with E-state index in [0.29, 0.717) is 25.7 Å². The van der Waals surface area contributed by atoms with Crippen LogP contribution in [0, 0.1) is 0 Å². The molecule has 0 amide bonds. The number of allylic oxidation sites excluding steroid dienone is 24. The molecule has 0 aromatic carbocycles. The predicted molar refractivity (Wildman–Crippen MR) is 352 cm³/mol. The molecule has 0 radical (unpaired) electrons. The summed E-state index contributed by atoms with van der Waals surface area (Å²) in [5, 5.41) is 20.5. The van der Waals surface area contributed by atoms with Crippen LogP contribution >= 0.6 is 15.6 Å².